The highest BCUT2D eigenvalue weighted by atomic mass is 127. The van der Waals surface area contributed by atoms with E-state index < -0.39 is 0 Å². The molecule has 0 saturated carbocycles. The Morgan fingerprint density at radius 3 is 2.37 bits per heavy atom. The van der Waals surface area contributed by atoms with Crippen LogP contribution in [0.2, 0.25) is 0 Å². The molecule has 2 aromatic carbocycles. The van der Waals surface area contributed by atoms with Crippen LogP contribution in [0.1, 0.15) is 43.4 Å². The highest BCUT2D eigenvalue weighted by molar-refractivity contribution is 14.0. The van der Waals surface area contributed by atoms with Crippen LogP contribution in [-0.4, -0.2) is 25.5 Å². The zero-order chi connectivity index (χ0) is 21.1. The maximum absolute atomic E-state index is 11.7. The Labute approximate surface area is 196 Å². The van der Waals surface area contributed by atoms with Crippen LogP contribution in [-0.2, 0) is 17.9 Å². The zero-order valence-electron chi connectivity index (χ0n) is 18.2. The molecule has 3 N–H and O–H groups in total. The van der Waals surface area contributed by atoms with Gasteiger partial charge in [-0.3, -0.25) is 9.79 Å². The molecule has 2 rings (SSSR count). The summed E-state index contributed by atoms with van der Waals surface area (Å²) < 4.78 is 5.74. The van der Waals surface area contributed by atoms with E-state index in [1.54, 1.807) is 7.05 Å². The number of hydrogen-bond acceptors (Lipinski definition) is 3. The van der Waals surface area contributed by atoms with E-state index in [0.29, 0.717) is 32.1 Å². The summed E-state index contributed by atoms with van der Waals surface area (Å²) in [7, 11) is 1.75. The van der Waals surface area contributed by atoms with Crippen molar-refractivity contribution in [1.82, 2.24) is 10.6 Å². The molecular weight excluding hydrogens is 491 g/mol. The predicted molar refractivity (Wildman–Crippen MR) is 135 cm³/mol. The highest BCUT2D eigenvalue weighted by Gasteiger charge is 2.06. The van der Waals surface area contributed by atoms with E-state index in [2.05, 4.69) is 46.1 Å². The number of aryl methyl sites for hydroxylation is 1. The molecular formula is C23H33IN4O2. The van der Waals surface area contributed by atoms with E-state index in [0.717, 1.165) is 29.0 Å². The fourth-order valence-corrected chi connectivity index (χ4v) is 2.84. The first-order chi connectivity index (χ1) is 14.0. The number of carbonyl (C=O) groups is 1. The van der Waals surface area contributed by atoms with E-state index in [9.17, 15) is 4.79 Å². The molecule has 30 heavy (non-hydrogen) atoms. The number of carbonyl (C=O) groups excluding carboxylic acids is 1. The SMILES string of the molecule is CCCC(=O)Nc1ccc(CNC(=NC)NCc2ccc(C)cc2OCC)cc1.I. The Morgan fingerprint density at radius 1 is 1.03 bits per heavy atom. The van der Waals surface area contributed by atoms with Gasteiger partial charge in [-0.15, -0.1) is 24.0 Å². The molecule has 0 aliphatic heterocycles. The monoisotopic (exact) mass is 524 g/mol. The normalized spacial score (nSPS) is 10.7. The van der Waals surface area contributed by atoms with Gasteiger partial charge in [-0.1, -0.05) is 31.2 Å². The quantitative estimate of drug-likeness (QED) is 0.255. The van der Waals surface area contributed by atoms with Crippen molar-refractivity contribution in [2.75, 3.05) is 19.0 Å². The van der Waals surface area contributed by atoms with Crippen molar-refractivity contribution in [3.05, 3.63) is 59.2 Å². The number of hydrogen-bond donors (Lipinski definition) is 3. The molecule has 0 aliphatic rings. The molecule has 2 aromatic rings. The summed E-state index contributed by atoms with van der Waals surface area (Å²) in [4.78, 5) is 16.0. The molecule has 6 nitrogen and oxygen atoms in total. The molecule has 1 amide bonds. The molecule has 0 atom stereocenters. The van der Waals surface area contributed by atoms with Crippen molar-refractivity contribution in [3.63, 3.8) is 0 Å². The van der Waals surface area contributed by atoms with Crippen LogP contribution in [0.3, 0.4) is 0 Å². The number of nitrogens with one attached hydrogen (secondary N) is 3. The van der Waals surface area contributed by atoms with E-state index >= 15 is 0 Å². The van der Waals surface area contributed by atoms with Crippen molar-refractivity contribution < 1.29 is 9.53 Å². The number of halogens is 1. The van der Waals surface area contributed by atoms with Gasteiger partial charge in [-0.05, 0) is 49.6 Å². The first-order valence-corrected chi connectivity index (χ1v) is 10.1. The summed E-state index contributed by atoms with van der Waals surface area (Å²) in [5, 5.41) is 9.53. The Balaban J connectivity index is 0.00000450. The Morgan fingerprint density at radius 2 is 1.73 bits per heavy atom. The van der Waals surface area contributed by atoms with Gasteiger partial charge in [0.05, 0.1) is 6.61 Å². The highest BCUT2D eigenvalue weighted by Crippen LogP contribution is 2.20. The number of guanidine groups is 1. The Kier molecular flexibility index (Phi) is 11.9. The van der Waals surface area contributed by atoms with Gasteiger partial charge in [0.15, 0.2) is 5.96 Å². The van der Waals surface area contributed by atoms with Crippen LogP contribution in [0.4, 0.5) is 5.69 Å². The van der Waals surface area contributed by atoms with Crippen LogP contribution in [0.5, 0.6) is 5.75 Å². The van der Waals surface area contributed by atoms with Gasteiger partial charge in [0.2, 0.25) is 5.91 Å². The van der Waals surface area contributed by atoms with Crippen LogP contribution >= 0.6 is 24.0 Å². The number of amides is 1. The van der Waals surface area contributed by atoms with Crippen LogP contribution in [0, 0.1) is 6.92 Å². The smallest absolute Gasteiger partial charge is 0.224 e. The molecule has 0 saturated heterocycles. The third kappa shape index (κ3) is 8.61. The molecule has 0 bridgehead atoms. The molecule has 7 heteroatoms. The standard InChI is InChI=1S/C23H32N4O2.HI/c1-5-7-22(28)27-20-12-9-18(10-13-20)15-25-23(24-4)26-16-19-11-8-17(3)14-21(19)29-6-2;/h8-14H,5-7,15-16H2,1-4H3,(H,27,28)(H2,24,25,26);1H. The minimum absolute atomic E-state index is 0. The van der Waals surface area contributed by atoms with Crippen LogP contribution in [0.15, 0.2) is 47.5 Å². The lowest BCUT2D eigenvalue weighted by atomic mass is 10.1. The number of anilines is 1. The van der Waals surface area contributed by atoms with Gasteiger partial charge in [0.1, 0.15) is 5.75 Å². The van der Waals surface area contributed by atoms with E-state index in [4.69, 9.17) is 4.74 Å². The maximum Gasteiger partial charge on any atom is 0.224 e. The number of nitrogens with zero attached hydrogens (tertiary/aromatic N) is 1. The number of aliphatic imine (C=N–C) groups is 1. The largest absolute Gasteiger partial charge is 0.494 e. The third-order valence-electron chi connectivity index (χ3n) is 4.37. The summed E-state index contributed by atoms with van der Waals surface area (Å²) in [6.45, 7) is 7.93. The van der Waals surface area contributed by atoms with Crippen molar-refractivity contribution in [2.24, 2.45) is 4.99 Å². The molecule has 0 spiro atoms. The average molecular weight is 524 g/mol. The minimum Gasteiger partial charge on any atom is -0.494 e. The zero-order valence-corrected chi connectivity index (χ0v) is 20.6. The molecule has 0 fully saturated rings. The second-order valence-corrected chi connectivity index (χ2v) is 6.82. The summed E-state index contributed by atoms with van der Waals surface area (Å²) >= 11 is 0. The predicted octanol–water partition coefficient (Wildman–Crippen LogP) is 4.62. The molecule has 0 heterocycles. The summed E-state index contributed by atoms with van der Waals surface area (Å²) in [5.41, 5.74) is 4.19. The van der Waals surface area contributed by atoms with Crippen molar-refractivity contribution in [2.45, 2.75) is 46.7 Å². The van der Waals surface area contributed by atoms with E-state index in [1.807, 2.05) is 38.1 Å². The second kappa shape index (κ2) is 13.8. The molecule has 0 aliphatic carbocycles. The number of ether oxygens (including phenoxy) is 1. The second-order valence-electron chi connectivity index (χ2n) is 6.82. The Bertz CT molecular complexity index is 822. The van der Waals surface area contributed by atoms with Gasteiger partial charge >= 0.3 is 0 Å². The van der Waals surface area contributed by atoms with Crippen molar-refractivity contribution in [3.8, 4) is 5.75 Å². The topological polar surface area (TPSA) is 74.8 Å². The lowest BCUT2D eigenvalue weighted by Gasteiger charge is -2.15. The number of benzene rings is 2. The minimum atomic E-state index is 0. The molecule has 0 unspecified atom stereocenters. The summed E-state index contributed by atoms with van der Waals surface area (Å²) in [6.07, 6.45) is 1.38. The maximum atomic E-state index is 11.7. The molecule has 164 valence electrons. The lowest BCUT2D eigenvalue weighted by Crippen LogP contribution is -2.36. The van der Waals surface area contributed by atoms with Gasteiger partial charge in [-0.25, -0.2) is 0 Å². The summed E-state index contributed by atoms with van der Waals surface area (Å²) in [6, 6.07) is 14.0. The van der Waals surface area contributed by atoms with Crippen LogP contribution < -0.4 is 20.7 Å². The molecule has 0 aromatic heterocycles. The van der Waals surface area contributed by atoms with Gasteiger partial charge < -0.3 is 20.7 Å². The fraction of sp³-hybridized carbons (Fsp3) is 0.391. The van der Waals surface area contributed by atoms with E-state index in [-0.39, 0.29) is 29.9 Å². The van der Waals surface area contributed by atoms with Gasteiger partial charge in [0, 0.05) is 37.8 Å². The third-order valence-corrected chi connectivity index (χ3v) is 4.37. The first-order valence-electron chi connectivity index (χ1n) is 10.1. The van der Waals surface area contributed by atoms with E-state index in [1.165, 1.54) is 5.56 Å². The molecule has 0 radical (unpaired) electrons. The fourth-order valence-electron chi connectivity index (χ4n) is 2.84. The van der Waals surface area contributed by atoms with Gasteiger partial charge in [0.25, 0.3) is 0 Å². The number of rotatable bonds is 9. The lowest BCUT2D eigenvalue weighted by molar-refractivity contribution is -0.116. The van der Waals surface area contributed by atoms with Gasteiger partial charge in [-0.2, -0.15) is 0 Å². The van der Waals surface area contributed by atoms with Crippen molar-refractivity contribution >= 4 is 41.5 Å². The Hall–Kier alpha value is -2.29. The van der Waals surface area contributed by atoms with Crippen molar-refractivity contribution in [1.29, 1.82) is 0 Å². The summed E-state index contributed by atoms with van der Waals surface area (Å²) in [5.74, 6) is 1.66. The average Bonchev–Trinajstić information content (AvgIpc) is 2.71. The first kappa shape index (κ1) is 25.7. The van der Waals surface area contributed by atoms with Crippen LogP contribution in [0.25, 0.3) is 0 Å².